The highest BCUT2D eigenvalue weighted by Crippen LogP contribution is 2.28. The SMILES string of the molecule is NNc1ccc(S(=O)(=O)NCCNC(=O)C2CC2)cn1. The lowest BCUT2D eigenvalue weighted by atomic mass is 10.4. The van der Waals surface area contributed by atoms with Crippen molar-refractivity contribution in [3.8, 4) is 0 Å². The number of carbonyl (C=O) groups excluding carboxylic acids is 1. The molecule has 0 spiro atoms. The molecule has 5 N–H and O–H groups in total. The van der Waals surface area contributed by atoms with Gasteiger partial charge in [-0.05, 0) is 25.0 Å². The molecular weight excluding hydrogens is 282 g/mol. The zero-order chi connectivity index (χ0) is 14.6. The maximum absolute atomic E-state index is 11.9. The van der Waals surface area contributed by atoms with Gasteiger partial charge in [0, 0.05) is 25.2 Å². The molecule has 0 radical (unpaired) electrons. The summed E-state index contributed by atoms with van der Waals surface area (Å²) in [4.78, 5) is 15.2. The van der Waals surface area contributed by atoms with E-state index in [-0.39, 0.29) is 29.8 Å². The molecule has 110 valence electrons. The number of amides is 1. The Hall–Kier alpha value is -1.71. The molecule has 1 aromatic heterocycles. The normalized spacial score (nSPS) is 14.8. The van der Waals surface area contributed by atoms with E-state index in [1.54, 1.807) is 0 Å². The number of sulfonamides is 1. The molecule has 20 heavy (non-hydrogen) atoms. The van der Waals surface area contributed by atoms with E-state index in [0.717, 1.165) is 12.8 Å². The molecule has 0 aliphatic heterocycles. The van der Waals surface area contributed by atoms with Crippen LogP contribution in [0.15, 0.2) is 23.2 Å². The molecule has 0 bridgehead atoms. The Morgan fingerprint density at radius 3 is 2.65 bits per heavy atom. The monoisotopic (exact) mass is 299 g/mol. The molecule has 9 heteroatoms. The number of nitrogens with zero attached hydrogens (tertiary/aromatic N) is 1. The number of nitrogens with two attached hydrogens (primary N) is 1. The lowest BCUT2D eigenvalue weighted by Gasteiger charge is -2.08. The number of hydrazine groups is 1. The van der Waals surface area contributed by atoms with E-state index in [0.29, 0.717) is 5.82 Å². The molecule has 1 aliphatic carbocycles. The Balaban J connectivity index is 1.81. The molecule has 1 heterocycles. The van der Waals surface area contributed by atoms with Crippen molar-refractivity contribution in [2.45, 2.75) is 17.7 Å². The number of carbonyl (C=O) groups is 1. The van der Waals surface area contributed by atoms with Gasteiger partial charge in [0.1, 0.15) is 10.7 Å². The maximum Gasteiger partial charge on any atom is 0.242 e. The van der Waals surface area contributed by atoms with Crippen LogP contribution in [0, 0.1) is 5.92 Å². The average molecular weight is 299 g/mol. The second-order valence-electron chi connectivity index (χ2n) is 4.49. The summed E-state index contributed by atoms with van der Waals surface area (Å²) in [6.45, 7) is 0.405. The van der Waals surface area contributed by atoms with Gasteiger partial charge in [0.2, 0.25) is 15.9 Å². The van der Waals surface area contributed by atoms with Crippen molar-refractivity contribution in [2.75, 3.05) is 18.5 Å². The summed E-state index contributed by atoms with van der Waals surface area (Å²) < 4.78 is 26.2. The van der Waals surface area contributed by atoms with Gasteiger partial charge in [-0.3, -0.25) is 4.79 Å². The molecule has 1 aromatic rings. The Labute approximate surface area is 117 Å². The van der Waals surface area contributed by atoms with Gasteiger partial charge >= 0.3 is 0 Å². The van der Waals surface area contributed by atoms with Crippen molar-refractivity contribution in [2.24, 2.45) is 11.8 Å². The first kappa shape index (κ1) is 14.7. The van der Waals surface area contributed by atoms with E-state index in [1.807, 2.05) is 0 Å². The standard InChI is InChI=1S/C11H17N5O3S/c12-16-10-4-3-9(7-14-10)20(18,19)15-6-5-13-11(17)8-1-2-8/h3-4,7-8,15H,1-2,5-6,12H2,(H,13,17)(H,14,16). The van der Waals surface area contributed by atoms with Gasteiger partial charge in [-0.1, -0.05) is 0 Å². The van der Waals surface area contributed by atoms with Crippen LogP contribution >= 0.6 is 0 Å². The van der Waals surface area contributed by atoms with Crippen LogP contribution in [-0.2, 0) is 14.8 Å². The van der Waals surface area contributed by atoms with Crippen LogP contribution in [0.4, 0.5) is 5.82 Å². The van der Waals surface area contributed by atoms with Gasteiger partial charge in [0.25, 0.3) is 0 Å². The summed E-state index contributed by atoms with van der Waals surface area (Å²) in [6, 6.07) is 2.86. The average Bonchev–Trinajstić information content (AvgIpc) is 3.28. The van der Waals surface area contributed by atoms with Crippen LogP contribution in [-0.4, -0.2) is 32.4 Å². The first-order valence-corrected chi connectivity index (χ1v) is 7.71. The fraction of sp³-hybridized carbons (Fsp3) is 0.455. The van der Waals surface area contributed by atoms with Gasteiger partial charge < -0.3 is 10.7 Å². The third kappa shape index (κ3) is 3.89. The minimum Gasteiger partial charge on any atom is -0.355 e. The lowest BCUT2D eigenvalue weighted by Crippen LogP contribution is -2.35. The van der Waals surface area contributed by atoms with Crippen LogP contribution in [0.3, 0.4) is 0 Å². The molecule has 1 saturated carbocycles. The van der Waals surface area contributed by atoms with E-state index in [9.17, 15) is 13.2 Å². The largest absolute Gasteiger partial charge is 0.355 e. The minimum atomic E-state index is -3.62. The molecule has 1 fully saturated rings. The van der Waals surface area contributed by atoms with Crippen molar-refractivity contribution in [1.82, 2.24) is 15.0 Å². The zero-order valence-electron chi connectivity index (χ0n) is 10.8. The van der Waals surface area contributed by atoms with Gasteiger partial charge in [-0.2, -0.15) is 0 Å². The number of rotatable bonds is 7. The summed E-state index contributed by atoms with van der Waals surface area (Å²) in [7, 11) is -3.62. The minimum absolute atomic E-state index is 0.00997. The van der Waals surface area contributed by atoms with Crippen LogP contribution < -0.4 is 21.3 Å². The molecule has 8 nitrogen and oxygen atoms in total. The van der Waals surface area contributed by atoms with E-state index < -0.39 is 10.0 Å². The van der Waals surface area contributed by atoms with Crippen LogP contribution in [0.1, 0.15) is 12.8 Å². The van der Waals surface area contributed by atoms with E-state index in [4.69, 9.17) is 5.84 Å². The third-order valence-corrected chi connectivity index (χ3v) is 4.31. The molecule has 1 aliphatic rings. The maximum atomic E-state index is 11.9. The Morgan fingerprint density at radius 2 is 2.10 bits per heavy atom. The predicted octanol–water partition coefficient (Wildman–Crippen LogP) is -0.828. The number of nitrogen functional groups attached to an aromatic ring is 1. The lowest BCUT2D eigenvalue weighted by molar-refractivity contribution is -0.122. The summed E-state index contributed by atoms with van der Waals surface area (Å²) in [5.41, 5.74) is 2.31. The number of pyridine rings is 1. The van der Waals surface area contributed by atoms with Crippen molar-refractivity contribution < 1.29 is 13.2 Å². The molecule has 0 saturated heterocycles. The number of nitrogens with one attached hydrogen (secondary N) is 3. The highest BCUT2D eigenvalue weighted by Gasteiger charge is 2.29. The Bertz CT molecular complexity index is 568. The van der Waals surface area contributed by atoms with Crippen molar-refractivity contribution in [3.63, 3.8) is 0 Å². The topological polar surface area (TPSA) is 126 Å². The Kier molecular flexibility index (Phi) is 4.53. The molecule has 0 aromatic carbocycles. The molecule has 0 atom stereocenters. The van der Waals surface area contributed by atoms with Crippen molar-refractivity contribution in [1.29, 1.82) is 0 Å². The Morgan fingerprint density at radius 1 is 1.35 bits per heavy atom. The molecular formula is C11H17N5O3S. The first-order valence-electron chi connectivity index (χ1n) is 6.23. The highest BCUT2D eigenvalue weighted by molar-refractivity contribution is 7.89. The van der Waals surface area contributed by atoms with Gasteiger partial charge in [-0.15, -0.1) is 0 Å². The van der Waals surface area contributed by atoms with Crippen LogP contribution in [0.5, 0.6) is 0 Å². The van der Waals surface area contributed by atoms with Crippen molar-refractivity contribution in [3.05, 3.63) is 18.3 Å². The smallest absolute Gasteiger partial charge is 0.242 e. The quantitative estimate of drug-likeness (QED) is 0.296. The highest BCUT2D eigenvalue weighted by atomic mass is 32.2. The summed E-state index contributed by atoms with van der Waals surface area (Å²) in [5, 5.41) is 2.68. The van der Waals surface area contributed by atoms with Crippen LogP contribution in [0.2, 0.25) is 0 Å². The van der Waals surface area contributed by atoms with Gasteiger partial charge in [0.05, 0.1) is 0 Å². The summed E-state index contributed by atoms with van der Waals surface area (Å²) >= 11 is 0. The molecule has 1 amide bonds. The first-order chi connectivity index (χ1) is 9.53. The fourth-order valence-corrected chi connectivity index (χ4v) is 2.55. The number of hydrogen-bond donors (Lipinski definition) is 4. The van der Waals surface area contributed by atoms with Crippen LogP contribution in [0.25, 0.3) is 0 Å². The number of anilines is 1. The number of hydrogen-bond acceptors (Lipinski definition) is 6. The van der Waals surface area contributed by atoms with E-state index in [2.05, 4.69) is 20.4 Å². The molecule has 0 unspecified atom stereocenters. The third-order valence-electron chi connectivity index (χ3n) is 2.86. The number of aromatic nitrogens is 1. The van der Waals surface area contributed by atoms with E-state index >= 15 is 0 Å². The van der Waals surface area contributed by atoms with Crippen molar-refractivity contribution >= 4 is 21.7 Å². The zero-order valence-corrected chi connectivity index (χ0v) is 11.6. The fourth-order valence-electron chi connectivity index (χ4n) is 1.57. The van der Waals surface area contributed by atoms with Gasteiger partial charge in [-0.25, -0.2) is 24.0 Å². The predicted molar refractivity (Wildman–Crippen MR) is 73.0 cm³/mol. The second-order valence-corrected chi connectivity index (χ2v) is 6.25. The van der Waals surface area contributed by atoms with E-state index in [1.165, 1.54) is 18.3 Å². The van der Waals surface area contributed by atoms with Gasteiger partial charge in [0.15, 0.2) is 0 Å². The summed E-state index contributed by atoms with van der Waals surface area (Å²) in [6.07, 6.45) is 3.05. The molecule has 2 rings (SSSR count). The second kappa shape index (κ2) is 6.16. The summed E-state index contributed by atoms with van der Waals surface area (Å²) in [5.74, 6) is 5.63.